The molecule has 4 heterocycles. The van der Waals surface area contributed by atoms with Gasteiger partial charge in [0.25, 0.3) is 0 Å². The molecule has 3 aliphatic heterocycles. The summed E-state index contributed by atoms with van der Waals surface area (Å²) in [5.74, 6) is -0.0437. The number of nitrogens with one attached hydrogen (secondary N) is 3. The fraction of sp³-hybridized carbons (Fsp3) is 0.522. The van der Waals surface area contributed by atoms with E-state index >= 15 is 0 Å². The van der Waals surface area contributed by atoms with Gasteiger partial charge >= 0.3 is 12.2 Å². The lowest BCUT2D eigenvalue weighted by Gasteiger charge is -2.42. The number of allylic oxidation sites excluding steroid dienone is 1. The first kappa shape index (κ1) is 26.5. The monoisotopic (exact) mass is 526 g/mol. The first-order valence-electron chi connectivity index (χ1n) is 11.8. The Morgan fingerprint density at radius 2 is 2.14 bits per heavy atom. The zero-order valence-corrected chi connectivity index (χ0v) is 20.2. The van der Waals surface area contributed by atoms with Gasteiger partial charge in [0.2, 0.25) is 5.91 Å². The number of anilines is 1. The van der Waals surface area contributed by atoms with Crippen LogP contribution in [0, 0.1) is 0 Å². The molecule has 1 aromatic rings. The number of halogens is 3. The number of aliphatic hydroxyl groups is 2. The van der Waals surface area contributed by atoms with Gasteiger partial charge in [0.1, 0.15) is 42.2 Å². The Hall–Kier alpha value is -3.52. The number of alkyl halides is 3. The number of ether oxygens (including phenoxy) is 1. The Balaban J connectivity index is 1.52. The summed E-state index contributed by atoms with van der Waals surface area (Å²) in [6, 6.07) is -0.912. The fourth-order valence-electron chi connectivity index (χ4n) is 4.38. The second kappa shape index (κ2) is 10.5. The van der Waals surface area contributed by atoms with Crippen molar-refractivity contribution in [3.05, 3.63) is 41.5 Å². The maximum absolute atomic E-state index is 13.4. The first-order chi connectivity index (χ1) is 17.5. The normalized spacial score (nSPS) is 22.5. The molecule has 3 aliphatic rings. The molecule has 14 heteroatoms. The van der Waals surface area contributed by atoms with Crippen LogP contribution in [-0.2, 0) is 4.79 Å². The number of aliphatic hydroxyl groups excluding tert-OH is 2. The van der Waals surface area contributed by atoms with Gasteiger partial charge in [-0.15, -0.1) is 0 Å². The fourth-order valence-corrected chi connectivity index (χ4v) is 4.38. The number of carbonyl (C=O) groups excluding carboxylic acids is 2. The maximum Gasteiger partial charge on any atom is 0.408 e. The van der Waals surface area contributed by atoms with Crippen LogP contribution in [0.4, 0.5) is 23.8 Å². The number of rotatable bonds is 7. The predicted molar refractivity (Wildman–Crippen MR) is 125 cm³/mol. The Kier molecular flexibility index (Phi) is 7.50. The summed E-state index contributed by atoms with van der Waals surface area (Å²) >= 11 is 0. The highest BCUT2D eigenvalue weighted by atomic mass is 19.4. The van der Waals surface area contributed by atoms with E-state index < -0.39 is 42.9 Å². The van der Waals surface area contributed by atoms with E-state index in [-0.39, 0.29) is 18.5 Å². The number of carbonyl (C=O) groups is 2. The van der Waals surface area contributed by atoms with Crippen molar-refractivity contribution in [1.82, 2.24) is 25.4 Å². The second-order valence-corrected chi connectivity index (χ2v) is 9.18. The zero-order valence-electron chi connectivity index (χ0n) is 20.2. The first-order valence-corrected chi connectivity index (χ1v) is 11.8. The predicted octanol–water partition coefficient (Wildman–Crippen LogP) is 0.890. The van der Waals surface area contributed by atoms with Gasteiger partial charge in [-0.2, -0.15) is 13.2 Å². The van der Waals surface area contributed by atoms with Crippen molar-refractivity contribution in [3.8, 4) is 5.75 Å². The van der Waals surface area contributed by atoms with Crippen molar-refractivity contribution >= 4 is 17.8 Å². The summed E-state index contributed by atoms with van der Waals surface area (Å²) in [5, 5.41) is 26.1. The van der Waals surface area contributed by atoms with Crippen LogP contribution in [0.15, 0.2) is 41.5 Å². The van der Waals surface area contributed by atoms with Crippen molar-refractivity contribution < 1.29 is 37.7 Å². The second-order valence-electron chi connectivity index (χ2n) is 9.18. The van der Waals surface area contributed by atoms with Crippen molar-refractivity contribution in [2.24, 2.45) is 0 Å². The topological polar surface area (TPSA) is 139 Å². The van der Waals surface area contributed by atoms with E-state index in [4.69, 9.17) is 9.84 Å². The van der Waals surface area contributed by atoms with E-state index in [2.05, 4.69) is 20.5 Å². The van der Waals surface area contributed by atoms with Crippen LogP contribution >= 0.6 is 0 Å². The Morgan fingerprint density at radius 1 is 1.38 bits per heavy atom. The number of amides is 3. The van der Waals surface area contributed by atoms with Crippen LogP contribution in [0.25, 0.3) is 0 Å². The summed E-state index contributed by atoms with van der Waals surface area (Å²) in [6.45, 7) is 3.14. The third kappa shape index (κ3) is 5.74. The summed E-state index contributed by atoms with van der Waals surface area (Å²) in [5.41, 5.74) is 1.20. The molecule has 2 bridgehead atoms. The zero-order chi connectivity index (χ0) is 26.9. The number of urea groups is 1. The van der Waals surface area contributed by atoms with Crippen LogP contribution < -0.4 is 20.7 Å². The smallest absolute Gasteiger partial charge is 0.408 e. The lowest BCUT2D eigenvalue weighted by Crippen LogP contribution is -2.58. The molecule has 0 aliphatic carbocycles. The summed E-state index contributed by atoms with van der Waals surface area (Å²) < 4.78 is 44.4. The number of hydrogen-bond donors (Lipinski definition) is 5. The minimum atomic E-state index is -4.59. The van der Waals surface area contributed by atoms with E-state index in [0.717, 1.165) is 6.92 Å². The van der Waals surface area contributed by atoms with Crippen LogP contribution in [0.5, 0.6) is 5.75 Å². The number of hydrogen-bond acceptors (Lipinski definition) is 8. The summed E-state index contributed by atoms with van der Waals surface area (Å²) in [7, 11) is 0. The van der Waals surface area contributed by atoms with Gasteiger partial charge in [0.05, 0.1) is 18.3 Å². The van der Waals surface area contributed by atoms with E-state index in [1.54, 1.807) is 13.0 Å². The third-order valence-electron chi connectivity index (χ3n) is 6.40. The van der Waals surface area contributed by atoms with Crippen LogP contribution in [0.2, 0.25) is 0 Å². The van der Waals surface area contributed by atoms with Gasteiger partial charge in [0, 0.05) is 25.4 Å². The summed E-state index contributed by atoms with van der Waals surface area (Å²) in [4.78, 5) is 33.8. The molecule has 0 spiro atoms. The molecule has 1 fully saturated rings. The van der Waals surface area contributed by atoms with E-state index in [9.17, 15) is 27.9 Å². The van der Waals surface area contributed by atoms with Crippen molar-refractivity contribution in [2.45, 2.75) is 50.7 Å². The molecular formula is C23H29F3N6O5. The quantitative estimate of drug-likeness (QED) is 0.353. The number of aromatic nitrogens is 1. The number of pyridine rings is 1. The van der Waals surface area contributed by atoms with Gasteiger partial charge < -0.3 is 30.5 Å². The lowest BCUT2D eigenvalue weighted by molar-refractivity contribution is -0.158. The van der Waals surface area contributed by atoms with Gasteiger partial charge in [-0.25, -0.2) is 9.78 Å². The molecule has 11 nitrogen and oxygen atoms in total. The van der Waals surface area contributed by atoms with Crippen molar-refractivity contribution in [2.75, 3.05) is 31.6 Å². The van der Waals surface area contributed by atoms with Gasteiger partial charge in [-0.1, -0.05) is 0 Å². The Morgan fingerprint density at radius 3 is 2.84 bits per heavy atom. The molecule has 0 aromatic carbocycles. The molecule has 1 unspecified atom stereocenters. The molecule has 1 saturated heterocycles. The SMILES string of the molecule is CC1=CC2=C(NC1C(=O)N[C@H](C)C(F)(F)F)N(C(=O)Nc1cc(OC[C@H](O)CO)ccn1)[C@H]1CCN2C1. The molecule has 4 rings (SSSR count). The highest BCUT2D eigenvalue weighted by Gasteiger charge is 2.44. The lowest BCUT2D eigenvalue weighted by atomic mass is 10.0. The standard InChI is InChI=1S/C23H29F3N6O5/c1-12-7-17-20(30-19(12)21(35)28-13(2)23(24,25)26)32(14-4-6-31(17)9-14)22(36)29-18-8-16(3-5-27-18)37-11-15(34)10-33/h3,5,7-8,13-15,19,30,33-34H,4,6,9-11H2,1-2H3,(H,28,35)(H,27,29,36)/t13-,14+,15-,19?/m1/s1. The number of dihydropyridines is 1. The number of nitrogens with zero attached hydrogens (tertiary/aromatic N) is 3. The average Bonchev–Trinajstić information content (AvgIpc) is 3.26. The van der Waals surface area contributed by atoms with Gasteiger partial charge in [-0.05, 0) is 38.0 Å². The molecular weight excluding hydrogens is 497 g/mol. The van der Waals surface area contributed by atoms with Gasteiger partial charge in [-0.3, -0.25) is 15.0 Å². The largest absolute Gasteiger partial charge is 0.491 e. The van der Waals surface area contributed by atoms with Gasteiger partial charge in [0.15, 0.2) is 0 Å². The maximum atomic E-state index is 13.4. The molecule has 202 valence electrons. The molecule has 0 saturated carbocycles. The molecule has 0 radical (unpaired) electrons. The molecule has 5 N–H and O–H groups in total. The Labute approximate surface area is 211 Å². The van der Waals surface area contributed by atoms with Crippen LogP contribution in [-0.4, -0.2) is 93.6 Å². The highest BCUT2D eigenvalue weighted by Crippen LogP contribution is 2.35. The minimum absolute atomic E-state index is 0.153. The molecule has 4 atom stereocenters. The average molecular weight is 527 g/mol. The third-order valence-corrected chi connectivity index (χ3v) is 6.40. The highest BCUT2D eigenvalue weighted by molar-refractivity contribution is 5.91. The molecule has 1 aromatic heterocycles. The van der Waals surface area contributed by atoms with E-state index in [1.165, 1.54) is 23.2 Å². The van der Waals surface area contributed by atoms with Crippen molar-refractivity contribution in [3.63, 3.8) is 0 Å². The minimum Gasteiger partial charge on any atom is -0.491 e. The molecule has 3 amide bonds. The van der Waals surface area contributed by atoms with Crippen LogP contribution in [0.1, 0.15) is 20.3 Å². The summed E-state index contributed by atoms with van der Waals surface area (Å²) in [6.07, 6.45) is -1.87. The Bertz CT molecular complexity index is 1110. The van der Waals surface area contributed by atoms with Crippen LogP contribution in [0.3, 0.4) is 0 Å². The van der Waals surface area contributed by atoms with Crippen molar-refractivity contribution in [1.29, 1.82) is 0 Å². The number of fused-ring (bicyclic) bond motifs is 3. The molecule has 37 heavy (non-hydrogen) atoms. The van der Waals surface area contributed by atoms with E-state index in [1.807, 2.05) is 5.32 Å². The van der Waals surface area contributed by atoms with E-state index in [0.29, 0.717) is 42.4 Å².